The highest BCUT2D eigenvalue weighted by molar-refractivity contribution is 5.74. The molecular weight excluding hydrogens is 312 g/mol. The van der Waals surface area contributed by atoms with Gasteiger partial charge in [-0.05, 0) is 43.2 Å². The number of rotatable bonds is 8. The summed E-state index contributed by atoms with van der Waals surface area (Å²) in [5.41, 5.74) is 2.35. The third-order valence-electron chi connectivity index (χ3n) is 4.67. The van der Waals surface area contributed by atoms with Crippen LogP contribution < -0.4 is 5.32 Å². The van der Waals surface area contributed by atoms with Crippen LogP contribution in [0.2, 0.25) is 0 Å². The van der Waals surface area contributed by atoms with Crippen LogP contribution in [0.5, 0.6) is 0 Å². The van der Waals surface area contributed by atoms with Crippen LogP contribution >= 0.6 is 0 Å². The first kappa shape index (κ1) is 17.5. The van der Waals surface area contributed by atoms with E-state index in [4.69, 9.17) is 0 Å². The molecule has 0 unspecified atom stereocenters. The van der Waals surface area contributed by atoms with Crippen molar-refractivity contribution in [2.45, 2.75) is 46.2 Å². The lowest BCUT2D eigenvalue weighted by Crippen LogP contribution is -2.41. The maximum absolute atomic E-state index is 12.5. The van der Waals surface area contributed by atoms with E-state index >= 15 is 0 Å². The second-order valence-corrected chi connectivity index (χ2v) is 6.97. The molecule has 1 heterocycles. The summed E-state index contributed by atoms with van der Waals surface area (Å²) in [6, 6.07) is 8.45. The average molecular weight is 340 g/mol. The van der Waals surface area contributed by atoms with E-state index in [-0.39, 0.29) is 6.03 Å². The van der Waals surface area contributed by atoms with Crippen molar-refractivity contribution >= 4 is 6.03 Å². The second kappa shape index (κ2) is 8.19. The summed E-state index contributed by atoms with van der Waals surface area (Å²) in [5.74, 6) is 1.73. The maximum Gasteiger partial charge on any atom is 0.317 e. The molecule has 1 aliphatic rings. The largest absolute Gasteiger partial charge is 0.334 e. The van der Waals surface area contributed by atoms with Crippen molar-refractivity contribution in [3.8, 4) is 0 Å². The van der Waals surface area contributed by atoms with Gasteiger partial charge >= 0.3 is 6.03 Å². The van der Waals surface area contributed by atoms with Gasteiger partial charge in [-0.3, -0.25) is 0 Å². The minimum Gasteiger partial charge on any atom is -0.334 e. The molecule has 0 radical (unpaired) electrons. The van der Waals surface area contributed by atoms with Gasteiger partial charge in [0.2, 0.25) is 0 Å². The Labute approximate surface area is 150 Å². The van der Waals surface area contributed by atoms with Gasteiger partial charge in [0.25, 0.3) is 0 Å². The summed E-state index contributed by atoms with van der Waals surface area (Å²) in [7, 11) is 0. The average Bonchev–Trinajstić information content (AvgIpc) is 3.34. The zero-order valence-electron chi connectivity index (χ0n) is 15.2. The fraction of sp³-hybridized carbons (Fsp3) is 0.500. The predicted molar refractivity (Wildman–Crippen MR) is 99.3 cm³/mol. The Kier molecular flexibility index (Phi) is 5.74. The third-order valence-corrected chi connectivity index (χ3v) is 4.67. The van der Waals surface area contributed by atoms with Crippen molar-refractivity contribution in [1.82, 2.24) is 19.8 Å². The van der Waals surface area contributed by atoms with Gasteiger partial charge in [0.15, 0.2) is 0 Å². The summed E-state index contributed by atoms with van der Waals surface area (Å²) < 4.78 is 2.12. The number of carbonyl (C=O) groups excluding carboxylic acids is 1. The highest BCUT2D eigenvalue weighted by Crippen LogP contribution is 2.29. The van der Waals surface area contributed by atoms with Crippen LogP contribution in [0.15, 0.2) is 36.7 Å². The highest BCUT2D eigenvalue weighted by atomic mass is 16.2. The lowest BCUT2D eigenvalue weighted by molar-refractivity contribution is 0.195. The van der Waals surface area contributed by atoms with Crippen molar-refractivity contribution < 1.29 is 4.79 Å². The van der Waals surface area contributed by atoms with Gasteiger partial charge in [0.1, 0.15) is 5.82 Å². The quantitative estimate of drug-likeness (QED) is 0.798. The van der Waals surface area contributed by atoms with E-state index < -0.39 is 0 Å². The molecule has 1 aromatic heterocycles. The predicted octanol–water partition coefficient (Wildman–Crippen LogP) is 3.57. The van der Waals surface area contributed by atoms with Crippen molar-refractivity contribution in [3.05, 3.63) is 53.6 Å². The van der Waals surface area contributed by atoms with E-state index in [2.05, 4.69) is 46.1 Å². The van der Waals surface area contributed by atoms with Crippen molar-refractivity contribution in [2.75, 3.05) is 13.1 Å². The number of benzene rings is 1. The lowest BCUT2D eigenvalue weighted by Gasteiger charge is -2.22. The van der Waals surface area contributed by atoms with E-state index in [0.717, 1.165) is 43.4 Å². The number of carbonyl (C=O) groups is 1. The van der Waals surface area contributed by atoms with Crippen molar-refractivity contribution in [2.24, 2.45) is 5.92 Å². The van der Waals surface area contributed by atoms with E-state index in [1.165, 1.54) is 18.4 Å². The molecule has 1 saturated carbocycles. The first-order chi connectivity index (χ1) is 12.2. The highest BCUT2D eigenvalue weighted by Gasteiger charge is 2.26. The number of aromatic nitrogens is 2. The SMILES string of the molecule is CCCN(CC1CC1)C(=O)NCc1cccc(Cn2ccnc2C)c1. The first-order valence-electron chi connectivity index (χ1n) is 9.24. The van der Waals surface area contributed by atoms with Crippen LogP contribution in [0.1, 0.15) is 43.1 Å². The van der Waals surface area contributed by atoms with Crippen LogP contribution in [-0.4, -0.2) is 33.6 Å². The molecule has 25 heavy (non-hydrogen) atoms. The third kappa shape index (κ3) is 5.08. The fourth-order valence-corrected chi connectivity index (χ4v) is 3.05. The smallest absolute Gasteiger partial charge is 0.317 e. The number of nitrogens with one attached hydrogen (secondary N) is 1. The normalized spacial score (nSPS) is 13.7. The monoisotopic (exact) mass is 340 g/mol. The van der Waals surface area contributed by atoms with Gasteiger partial charge in [-0.1, -0.05) is 31.2 Å². The lowest BCUT2D eigenvalue weighted by atomic mass is 10.1. The molecule has 1 fully saturated rings. The summed E-state index contributed by atoms with van der Waals surface area (Å²) in [4.78, 5) is 18.7. The number of hydrogen-bond acceptors (Lipinski definition) is 2. The molecule has 2 amide bonds. The molecule has 1 aromatic carbocycles. The summed E-state index contributed by atoms with van der Waals surface area (Å²) in [5, 5.41) is 3.08. The van der Waals surface area contributed by atoms with Gasteiger partial charge < -0.3 is 14.8 Å². The van der Waals surface area contributed by atoms with E-state index in [1.807, 2.05) is 24.2 Å². The molecule has 134 valence electrons. The molecule has 1 N–H and O–H groups in total. The standard InChI is InChI=1S/C20H28N4O/c1-3-10-24(14-17-7-8-17)20(25)22-13-18-5-4-6-19(12-18)15-23-11-9-21-16(23)2/h4-6,9,11-12,17H,3,7-8,10,13-15H2,1-2H3,(H,22,25). The molecule has 0 atom stereocenters. The van der Waals surface area contributed by atoms with E-state index in [0.29, 0.717) is 6.54 Å². The van der Waals surface area contributed by atoms with Gasteiger partial charge in [-0.25, -0.2) is 9.78 Å². The number of hydrogen-bond donors (Lipinski definition) is 1. The molecule has 0 spiro atoms. The van der Waals surface area contributed by atoms with Gasteiger partial charge in [0, 0.05) is 38.6 Å². The minimum atomic E-state index is 0.0598. The van der Waals surface area contributed by atoms with Gasteiger partial charge in [-0.2, -0.15) is 0 Å². The minimum absolute atomic E-state index is 0.0598. The molecule has 2 aromatic rings. The van der Waals surface area contributed by atoms with Crippen molar-refractivity contribution in [3.63, 3.8) is 0 Å². The Hall–Kier alpha value is -2.30. The first-order valence-corrected chi connectivity index (χ1v) is 9.24. The molecule has 0 saturated heterocycles. The molecule has 5 nitrogen and oxygen atoms in total. The molecule has 5 heteroatoms. The number of imidazole rings is 1. The second-order valence-electron chi connectivity index (χ2n) is 6.97. The van der Waals surface area contributed by atoms with Gasteiger partial charge in [-0.15, -0.1) is 0 Å². The molecule has 3 rings (SSSR count). The molecule has 0 aliphatic heterocycles. The molecule has 1 aliphatic carbocycles. The van der Waals surface area contributed by atoms with Crippen LogP contribution in [0.4, 0.5) is 4.79 Å². The Morgan fingerprint density at radius 3 is 2.84 bits per heavy atom. The zero-order valence-corrected chi connectivity index (χ0v) is 15.2. The number of aryl methyl sites for hydroxylation is 1. The molecular formula is C20H28N4O. The number of urea groups is 1. The summed E-state index contributed by atoms with van der Waals surface area (Å²) in [6.07, 6.45) is 7.35. The molecule has 0 bridgehead atoms. The Morgan fingerprint density at radius 2 is 2.16 bits per heavy atom. The number of nitrogens with zero attached hydrogens (tertiary/aromatic N) is 3. The van der Waals surface area contributed by atoms with E-state index in [1.54, 1.807) is 0 Å². The number of amides is 2. The van der Waals surface area contributed by atoms with Crippen LogP contribution in [-0.2, 0) is 13.1 Å². The van der Waals surface area contributed by atoms with E-state index in [9.17, 15) is 4.79 Å². The topological polar surface area (TPSA) is 50.2 Å². The Morgan fingerprint density at radius 1 is 1.36 bits per heavy atom. The van der Waals surface area contributed by atoms with Gasteiger partial charge in [0.05, 0.1) is 0 Å². The van der Waals surface area contributed by atoms with Crippen molar-refractivity contribution in [1.29, 1.82) is 0 Å². The summed E-state index contributed by atoms with van der Waals surface area (Å²) >= 11 is 0. The zero-order chi connectivity index (χ0) is 17.6. The van der Waals surface area contributed by atoms with Crippen LogP contribution in [0.25, 0.3) is 0 Å². The Bertz CT molecular complexity index is 705. The van der Waals surface area contributed by atoms with Crippen LogP contribution in [0.3, 0.4) is 0 Å². The fourth-order valence-electron chi connectivity index (χ4n) is 3.05. The Balaban J connectivity index is 1.56. The van der Waals surface area contributed by atoms with Crippen LogP contribution in [0, 0.1) is 12.8 Å². The summed E-state index contributed by atoms with van der Waals surface area (Å²) in [6.45, 7) is 7.24. The maximum atomic E-state index is 12.5.